The summed E-state index contributed by atoms with van der Waals surface area (Å²) in [5, 5.41) is 2.99. The first kappa shape index (κ1) is 21.3. The average molecular weight is 423 g/mol. The smallest absolute Gasteiger partial charge is 0.348 e. The maximum Gasteiger partial charge on any atom is 0.348 e. The van der Waals surface area contributed by atoms with Crippen LogP contribution in [0.15, 0.2) is 54.6 Å². The van der Waals surface area contributed by atoms with Crippen molar-refractivity contribution in [3.63, 3.8) is 0 Å². The largest absolute Gasteiger partial charge is 0.465 e. The molecule has 1 N–H and O–H groups in total. The maximum absolute atomic E-state index is 12.8. The van der Waals surface area contributed by atoms with Crippen molar-refractivity contribution >= 4 is 34.2 Å². The van der Waals surface area contributed by atoms with Crippen LogP contribution in [-0.4, -0.2) is 31.6 Å². The number of methoxy groups -OCH3 is 1. The van der Waals surface area contributed by atoms with Gasteiger partial charge in [-0.2, -0.15) is 0 Å². The number of carbonyl (C=O) groups excluding carboxylic acids is 3. The molecule has 1 aromatic heterocycles. The first-order chi connectivity index (χ1) is 14.5. The molecule has 0 unspecified atom stereocenters. The van der Waals surface area contributed by atoms with Crippen LogP contribution < -0.4 is 5.32 Å². The number of amides is 1. The van der Waals surface area contributed by atoms with E-state index < -0.39 is 17.8 Å². The van der Waals surface area contributed by atoms with Crippen molar-refractivity contribution in [2.45, 2.75) is 13.8 Å². The van der Waals surface area contributed by atoms with Gasteiger partial charge in [0.15, 0.2) is 0 Å². The third-order valence-electron chi connectivity index (χ3n) is 4.48. The van der Waals surface area contributed by atoms with E-state index in [1.807, 2.05) is 42.5 Å². The van der Waals surface area contributed by atoms with Gasteiger partial charge in [-0.15, -0.1) is 11.3 Å². The van der Waals surface area contributed by atoms with Gasteiger partial charge < -0.3 is 14.8 Å². The Balaban J connectivity index is 1.88. The molecule has 1 heterocycles. The summed E-state index contributed by atoms with van der Waals surface area (Å²) in [7, 11) is 1.26. The van der Waals surface area contributed by atoms with Crippen LogP contribution >= 0.6 is 11.3 Å². The number of carbonyl (C=O) groups is 3. The van der Waals surface area contributed by atoms with Crippen LogP contribution in [0.2, 0.25) is 0 Å². The van der Waals surface area contributed by atoms with E-state index in [0.717, 1.165) is 22.5 Å². The molecule has 2 aromatic carbocycles. The lowest BCUT2D eigenvalue weighted by Gasteiger charge is -2.08. The van der Waals surface area contributed by atoms with E-state index in [1.54, 1.807) is 26.0 Å². The number of hydrogen-bond donors (Lipinski definition) is 1. The number of nitrogens with one attached hydrogen (secondary N) is 1. The molecule has 0 aliphatic rings. The first-order valence-corrected chi connectivity index (χ1v) is 10.1. The summed E-state index contributed by atoms with van der Waals surface area (Å²) in [6, 6.07) is 17.0. The molecule has 0 saturated carbocycles. The fourth-order valence-electron chi connectivity index (χ4n) is 2.96. The summed E-state index contributed by atoms with van der Waals surface area (Å²) in [5.74, 6) is -1.57. The second kappa shape index (κ2) is 9.37. The summed E-state index contributed by atoms with van der Waals surface area (Å²) < 4.78 is 9.87. The first-order valence-electron chi connectivity index (χ1n) is 9.31. The zero-order chi connectivity index (χ0) is 21.7. The molecule has 0 saturated heterocycles. The third kappa shape index (κ3) is 4.41. The SMILES string of the molecule is CCOC(=O)c1c(NC(=O)c2ccc(-c3ccccc3)cc2)sc(C(=O)OC)c1C. The topological polar surface area (TPSA) is 81.7 Å². The van der Waals surface area contributed by atoms with Crippen molar-refractivity contribution in [3.05, 3.63) is 76.2 Å². The van der Waals surface area contributed by atoms with E-state index >= 15 is 0 Å². The van der Waals surface area contributed by atoms with E-state index in [1.165, 1.54) is 7.11 Å². The van der Waals surface area contributed by atoms with Crippen molar-refractivity contribution in [3.8, 4) is 11.1 Å². The van der Waals surface area contributed by atoms with Gasteiger partial charge in [0.1, 0.15) is 9.88 Å². The highest BCUT2D eigenvalue weighted by Gasteiger charge is 2.27. The average Bonchev–Trinajstić information content (AvgIpc) is 3.09. The normalized spacial score (nSPS) is 10.4. The van der Waals surface area contributed by atoms with Gasteiger partial charge >= 0.3 is 11.9 Å². The Morgan fingerprint density at radius 1 is 0.933 bits per heavy atom. The fourth-order valence-corrected chi connectivity index (χ4v) is 4.07. The van der Waals surface area contributed by atoms with Crippen LogP contribution in [0, 0.1) is 6.92 Å². The zero-order valence-corrected chi connectivity index (χ0v) is 17.7. The third-order valence-corrected chi connectivity index (χ3v) is 5.67. The van der Waals surface area contributed by atoms with Gasteiger partial charge in [-0.1, -0.05) is 42.5 Å². The molecule has 154 valence electrons. The quantitative estimate of drug-likeness (QED) is 0.568. The van der Waals surface area contributed by atoms with Gasteiger partial charge in [0, 0.05) is 5.56 Å². The number of benzene rings is 2. The van der Waals surface area contributed by atoms with E-state index in [0.29, 0.717) is 11.1 Å². The number of thiophene rings is 1. The number of esters is 2. The molecule has 0 radical (unpaired) electrons. The van der Waals surface area contributed by atoms with Crippen LogP contribution in [0.5, 0.6) is 0 Å². The number of anilines is 1. The minimum absolute atomic E-state index is 0.163. The van der Waals surface area contributed by atoms with Gasteiger partial charge in [0.2, 0.25) is 0 Å². The second-order valence-electron chi connectivity index (χ2n) is 6.37. The maximum atomic E-state index is 12.8. The standard InChI is InChI=1S/C23H21NO5S/c1-4-29-22(26)18-14(2)19(23(27)28-3)30-21(18)24-20(25)17-12-10-16(11-13-17)15-8-6-5-7-9-15/h5-13H,4H2,1-3H3,(H,24,25). The Kier molecular flexibility index (Phi) is 6.64. The van der Waals surface area contributed by atoms with E-state index in [-0.39, 0.29) is 22.0 Å². The molecular weight excluding hydrogens is 402 g/mol. The molecule has 7 heteroatoms. The zero-order valence-electron chi connectivity index (χ0n) is 16.9. The van der Waals surface area contributed by atoms with Crippen molar-refractivity contribution in [2.75, 3.05) is 19.0 Å². The molecule has 6 nitrogen and oxygen atoms in total. The highest BCUT2D eigenvalue weighted by molar-refractivity contribution is 7.18. The number of hydrogen-bond acceptors (Lipinski definition) is 6. The predicted molar refractivity (Wildman–Crippen MR) is 116 cm³/mol. The van der Waals surface area contributed by atoms with Crippen molar-refractivity contribution < 1.29 is 23.9 Å². The van der Waals surface area contributed by atoms with Crippen LogP contribution in [-0.2, 0) is 9.47 Å². The molecule has 0 atom stereocenters. The van der Waals surface area contributed by atoms with E-state index in [2.05, 4.69) is 5.32 Å². The Labute approximate surface area is 178 Å². The number of ether oxygens (including phenoxy) is 2. The van der Waals surface area contributed by atoms with Crippen molar-refractivity contribution in [1.82, 2.24) is 0 Å². The molecule has 0 fully saturated rings. The second-order valence-corrected chi connectivity index (χ2v) is 7.39. The van der Waals surface area contributed by atoms with Crippen molar-refractivity contribution in [1.29, 1.82) is 0 Å². The molecule has 30 heavy (non-hydrogen) atoms. The molecule has 3 aromatic rings. The summed E-state index contributed by atoms with van der Waals surface area (Å²) >= 11 is 0.989. The van der Waals surface area contributed by atoms with Crippen LogP contribution in [0.1, 0.15) is 42.9 Å². The number of rotatable bonds is 6. The minimum atomic E-state index is -0.601. The molecule has 1 amide bonds. The predicted octanol–water partition coefficient (Wildman–Crippen LogP) is 4.94. The minimum Gasteiger partial charge on any atom is -0.465 e. The molecular formula is C23H21NO5S. The Morgan fingerprint density at radius 2 is 1.57 bits per heavy atom. The van der Waals surface area contributed by atoms with Gasteiger partial charge in [-0.3, -0.25) is 4.79 Å². The summed E-state index contributed by atoms with van der Waals surface area (Å²) in [5.41, 5.74) is 3.04. The molecule has 0 aliphatic heterocycles. The van der Waals surface area contributed by atoms with Gasteiger partial charge in [0.25, 0.3) is 5.91 Å². The summed E-state index contributed by atoms with van der Waals surface area (Å²) in [4.78, 5) is 37.5. The Hall–Kier alpha value is -3.45. The van der Waals surface area contributed by atoms with Crippen LogP contribution in [0.3, 0.4) is 0 Å². The van der Waals surface area contributed by atoms with E-state index in [4.69, 9.17) is 9.47 Å². The molecule has 0 spiro atoms. The van der Waals surface area contributed by atoms with Crippen molar-refractivity contribution in [2.24, 2.45) is 0 Å². The monoisotopic (exact) mass is 423 g/mol. The van der Waals surface area contributed by atoms with Crippen LogP contribution in [0.25, 0.3) is 11.1 Å². The highest BCUT2D eigenvalue weighted by Crippen LogP contribution is 2.34. The summed E-state index contributed by atoms with van der Waals surface area (Å²) in [6.45, 7) is 3.49. The Morgan fingerprint density at radius 3 is 2.17 bits per heavy atom. The Bertz CT molecular complexity index is 1070. The van der Waals surface area contributed by atoms with Gasteiger partial charge in [-0.25, -0.2) is 9.59 Å². The molecule has 0 aliphatic carbocycles. The summed E-state index contributed by atoms with van der Waals surface area (Å²) in [6.07, 6.45) is 0. The lowest BCUT2D eigenvalue weighted by molar-refractivity contribution is 0.0527. The molecule has 0 bridgehead atoms. The van der Waals surface area contributed by atoms with E-state index in [9.17, 15) is 14.4 Å². The van der Waals surface area contributed by atoms with Gasteiger partial charge in [-0.05, 0) is 42.7 Å². The van der Waals surface area contributed by atoms with Crippen LogP contribution in [0.4, 0.5) is 5.00 Å². The lowest BCUT2D eigenvalue weighted by Crippen LogP contribution is -2.15. The highest BCUT2D eigenvalue weighted by atomic mass is 32.1. The lowest BCUT2D eigenvalue weighted by atomic mass is 10.0. The van der Waals surface area contributed by atoms with Gasteiger partial charge in [0.05, 0.1) is 19.3 Å². The fraction of sp³-hybridized carbons (Fsp3) is 0.174. The molecule has 3 rings (SSSR count).